The van der Waals surface area contributed by atoms with Crippen molar-refractivity contribution in [2.45, 2.75) is 128 Å². The second-order valence-electron chi connectivity index (χ2n) is 18.9. The molecule has 5 heterocycles. The molecule has 5 rings (SSSR count). The zero-order chi connectivity index (χ0) is 74.0. The number of amides is 4. The third kappa shape index (κ3) is 29.6. The molecule has 0 saturated heterocycles. The summed E-state index contributed by atoms with van der Waals surface area (Å²) in [7, 11) is 0. The molecular weight excluding hydrogens is 1340 g/mol. The van der Waals surface area contributed by atoms with E-state index < -0.39 is 96.4 Å². The molecule has 4 aromatic heterocycles. The second-order valence-corrected chi connectivity index (χ2v) is 18.9. The minimum atomic E-state index is -5.08. The van der Waals surface area contributed by atoms with Crippen molar-refractivity contribution in [2.75, 3.05) is 26.2 Å². The van der Waals surface area contributed by atoms with Crippen LogP contribution in [0.15, 0.2) is 37.6 Å². The van der Waals surface area contributed by atoms with E-state index in [2.05, 4.69) is 61.2 Å². The lowest BCUT2D eigenvalue weighted by Gasteiger charge is -2.16. The number of carbonyl (C=O) groups excluding carboxylic acids is 4. The predicted octanol–water partition coefficient (Wildman–Crippen LogP) is 1.82. The van der Waals surface area contributed by atoms with E-state index in [0.717, 1.165) is 0 Å². The smallest absolute Gasteiger partial charge is 0.475 e. The summed E-state index contributed by atoms with van der Waals surface area (Å²) in [6, 6.07) is -3.77. The van der Waals surface area contributed by atoms with Crippen molar-refractivity contribution in [1.29, 1.82) is 0 Å². The van der Waals surface area contributed by atoms with Crippen molar-refractivity contribution in [3.05, 3.63) is 69.4 Å². The molecule has 4 atom stereocenters. The highest BCUT2D eigenvalue weighted by atomic mass is 19.4. The number of aromatic nitrogens is 4. The van der Waals surface area contributed by atoms with Gasteiger partial charge in [0.1, 0.15) is 47.2 Å². The Labute approximate surface area is 530 Å². The van der Waals surface area contributed by atoms with Crippen LogP contribution in [0.25, 0.3) is 0 Å². The molecule has 0 fully saturated rings. The molecule has 0 spiro atoms. The molecule has 8 bridgehead atoms. The largest absolute Gasteiger partial charge is 0.490 e. The molecule has 96 heavy (non-hydrogen) atoms. The van der Waals surface area contributed by atoms with Gasteiger partial charge in [-0.25, -0.2) is 39.1 Å². The van der Waals surface area contributed by atoms with Crippen molar-refractivity contribution >= 4 is 71.3 Å². The van der Waals surface area contributed by atoms with E-state index in [1.165, 1.54) is 27.7 Å². The maximum absolute atomic E-state index is 14.1. The van der Waals surface area contributed by atoms with Gasteiger partial charge in [-0.15, -0.1) is 0 Å². The topological polar surface area (TPSA) is 627 Å². The van der Waals surface area contributed by atoms with Crippen LogP contribution in [0.1, 0.15) is 164 Å². The molecule has 0 radical (unpaired) electrons. The Morgan fingerprint density at radius 3 is 0.635 bits per heavy atom. The summed E-state index contributed by atoms with van der Waals surface area (Å²) in [4.78, 5) is 126. The maximum atomic E-state index is 14.1. The summed E-state index contributed by atoms with van der Waals surface area (Å²) < 4.78 is 151. The number of alkyl halides is 12. The molecule has 24 N–H and O–H groups in total. The number of halogens is 12. The van der Waals surface area contributed by atoms with E-state index in [0.29, 0.717) is 25.7 Å². The first-order valence-electron chi connectivity index (χ1n) is 26.6. The fraction of sp³-hybridized carbons (Fsp3) is 0.500. The summed E-state index contributed by atoms with van der Waals surface area (Å²) in [5, 5.41) is 40.0. The normalized spacial score (nSPS) is 15.8. The van der Waals surface area contributed by atoms with Crippen molar-refractivity contribution in [3.63, 3.8) is 0 Å². The molecule has 4 amide bonds. The number of aryl methyl sites for hydroxylation is 4. The van der Waals surface area contributed by atoms with Crippen LogP contribution >= 0.6 is 0 Å². The van der Waals surface area contributed by atoms with Gasteiger partial charge in [0.15, 0.2) is 46.6 Å². The Bertz CT molecular complexity index is 2990. The summed E-state index contributed by atoms with van der Waals surface area (Å²) in [6.45, 7) is 6.90. The van der Waals surface area contributed by atoms with Gasteiger partial charge in [-0.1, -0.05) is 0 Å². The third-order valence-corrected chi connectivity index (χ3v) is 11.3. The number of carbonyl (C=O) groups is 8. The van der Waals surface area contributed by atoms with Gasteiger partial charge in [-0.2, -0.15) is 52.7 Å². The number of hydrogen-bond donors (Lipinski definition) is 16. The molecule has 0 aromatic carbocycles. The quantitative estimate of drug-likeness (QED) is 0.0329. The number of aliphatic carboxylic acids is 4. The summed E-state index contributed by atoms with van der Waals surface area (Å²) in [5.74, 6) is -13.9. The number of carboxylic acid groups (broad SMARTS) is 4. The van der Waals surface area contributed by atoms with Crippen LogP contribution in [0.4, 0.5) is 52.7 Å². The highest BCUT2D eigenvalue weighted by Crippen LogP contribution is 2.29. The van der Waals surface area contributed by atoms with Gasteiger partial charge in [0.2, 0.25) is 23.6 Å². The Morgan fingerprint density at radius 1 is 0.365 bits per heavy atom. The van der Waals surface area contributed by atoms with E-state index in [4.69, 9.17) is 103 Å². The molecule has 0 saturated carbocycles. The number of nitrogens with two attached hydrogens (primary N) is 8. The van der Waals surface area contributed by atoms with Crippen LogP contribution in [0.3, 0.4) is 0 Å². The van der Waals surface area contributed by atoms with Crippen molar-refractivity contribution in [2.24, 2.45) is 65.8 Å². The van der Waals surface area contributed by atoms with Crippen LogP contribution in [0.5, 0.6) is 0 Å². The molecule has 0 aliphatic carbocycles. The average Bonchev–Trinajstić information content (AvgIpc) is 1.70. The zero-order valence-corrected chi connectivity index (χ0v) is 50.2. The Kier molecular flexibility index (Phi) is 31.9. The monoisotopic (exact) mass is 1400 g/mol. The Balaban J connectivity index is 0.00000136. The fourth-order valence-electron chi connectivity index (χ4n) is 7.06. The first-order valence-corrected chi connectivity index (χ1v) is 26.6. The number of hydrogen-bond acceptors (Lipinski definition) is 20. The molecule has 0 unspecified atom stereocenters. The van der Waals surface area contributed by atoms with Gasteiger partial charge in [0.25, 0.3) is 23.6 Å². The van der Waals surface area contributed by atoms with E-state index in [-0.39, 0.29) is 145 Å². The lowest BCUT2D eigenvalue weighted by atomic mass is 10.1. The van der Waals surface area contributed by atoms with E-state index in [1.807, 2.05) is 0 Å². The average molecular weight is 1410 g/mol. The molecule has 48 heteroatoms. The number of rotatable bonds is 16. The number of aliphatic imine (C=N–C) groups is 4. The van der Waals surface area contributed by atoms with Crippen molar-refractivity contribution in [3.8, 4) is 0 Å². The Morgan fingerprint density at radius 2 is 0.510 bits per heavy atom. The van der Waals surface area contributed by atoms with E-state index in [9.17, 15) is 71.9 Å². The standard InChI is InChI=1S/C40H60N20O8.4C2HF3O2/c1-17-25-29(61)53-22(10-6-14-50-38(43)44)34-58-27(19(3)66-34)31(63)55-24(12-8-16-52-40(47)48)36-60-28(20(4)68-36)32(64)56-23(11-7-15-51-39(45)46)35-59-26(18(2)67-35)30(62)54-21(33(57-25)65-17)9-5-13-49-37(41)42;4*3-2(4,5)1(6)7/h21-24H,5-16H2,1-4H3,(H,53,61)(H,54,62)(H,55,63)(H,56,64)(H4,41,42,49)(H4,43,44,50)(H4,45,46,51)(H4,47,48,52);4*(H,6,7)/t21-,22-,23-,24-;;;;/m0..../s1. The van der Waals surface area contributed by atoms with Crippen LogP contribution < -0.4 is 67.1 Å². The number of guanidine groups is 4. The van der Waals surface area contributed by atoms with Crippen molar-refractivity contribution in [1.82, 2.24) is 41.2 Å². The van der Waals surface area contributed by atoms with Gasteiger partial charge in [0, 0.05) is 26.2 Å². The van der Waals surface area contributed by atoms with Gasteiger partial charge < -0.3 is 105 Å². The molecular formula is C48H64F12N20O16. The second kappa shape index (κ2) is 36.9. The van der Waals surface area contributed by atoms with Crippen LogP contribution in [0.2, 0.25) is 0 Å². The van der Waals surface area contributed by atoms with Crippen LogP contribution in [-0.2, 0) is 19.2 Å². The summed E-state index contributed by atoms with van der Waals surface area (Å²) in [6.07, 6.45) is -18.2. The minimum absolute atomic E-state index is 0.0168. The number of carboxylic acids is 4. The van der Waals surface area contributed by atoms with Gasteiger partial charge >= 0.3 is 48.6 Å². The Hall–Kier alpha value is -11.2. The first kappa shape index (κ1) is 82.9. The number of nitrogens with one attached hydrogen (secondary N) is 4. The predicted molar refractivity (Wildman–Crippen MR) is 300 cm³/mol. The number of oxazole rings is 4. The number of nitrogens with zero attached hydrogens (tertiary/aromatic N) is 8. The van der Waals surface area contributed by atoms with E-state index >= 15 is 0 Å². The maximum Gasteiger partial charge on any atom is 0.490 e. The summed E-state index contributed by atoms with van der Waals surface area (Å²) >= 11 is 0. The highest BCUT2D eigenvalue weighted by Gasteiger charge is 2.41. The molecule has 36 nitrogen and oxygen atoms in total. The van der Waals surface area contributed by atoms with Gasteiger partial charge in [0.05, 0.1) is 0 Å². The molecule has 1 aliphatic rings. The fourth-order valence-corrected chi connectivity index (χ4v) is 7.06. The van der Waals surface area contributed by atoms with Crippen molar-refractivity contribution < 1.29 is 129 Å². The highest BCUT2D eigenvalue weighted by molar-refractivity contribution is 5.96. The van der Waals surface area contributed by atoms with Crippen LogP contribution in [0, 0.1) is 27.7 Å². The first-order chi connectivity index (χ1) is 44.1. The minimum Gasteiger partial charge on any atom is -0.475 e. The zero-order valence-electron chi connectivity index (χ0n) is 50.2. The van der Waals surface area contributed by atoms with Gasteiger partial charge in [-0.3, -0.25) is 39.1 Å². The molecule has 1 aliphatic heterocycles. The third-order valence-electron chi connectivity index (χ3n) is 11.3. The molecule has 536 valence electrons. The summed E-state index contributed by atoms with van der Waals surface area (Å²) in [5.41, 5.74) is 43.9. The lowest BCUT2D eigenvalue weighted by Crippen LogP contribution is -2.32. The lowest BCUT2D eigenvalue weighted by molar-refractivity contribution is -0.193. The SMILES string of the molecule is Cc1oc2nc1C(=O)N[C@@H](CCCN=C(N)N)c1nc(c(C)o1)C(=O)N[C@@H](CCCN=C(N)N)c1nc(c(C)o1)C(=O)N[C@@H](CCCN=C(N)N)c1nc(c(C)o1)C(=O)N[C@H]2CCCN=C(N)N.O=C(O)C(F)(F)F.O=C(O)C(F)(F)F.O=C(O)C(F)(F)F.O=C(O)C(F)(F)F. The van der Waals surface area contributed by atoms with E-state index in [1.54, 1.807) is 0 Å². The van der Waals surface area contributed by atoms with Gasteiger partial charge in [-0.05, 0) is 79.1 Å². The molecule has 4 aromatic rings. The number of fused-ring (bicyclic) bond motifs is 8. The van der Waals surface area contributed by atoms with Crippen LogP contribution in [-0.4, -0.2) is 163 Å².